The molecular formula is C14H27NO4Si. The molecule has 0 saturated carbocycles. The van der Waals surface area contributed by atoms with Crippen molar-refractivity contribution in [2.45, 2.75) is 52.2 Å². The maximum Gasteiger partial charge on any atom is 0.343 e. The summed E-state index contributed by atoms with van der Waals surface area (Å²) in [5, 5.41) is 12.9. The Morgan fingerprint density at radius 1 is 1.45 bits per heavy atom. The Balaban J connectivity index is 0.000000441. The summed E-state index contributed by atoms with van der Waals surface area (Å²) < 4.78 is 9.36. The Bertz CT molecular complexity index is 396. The number of carbonyl (C=O) groups excluding carboxylic acids is 1. The van der Waals surface area contributed by atoms with Gasteiger partial charge >= 0.3 is 5.97 Å². The predicted molar refractivity (Wildman–Crippen MR) is 81.8 cm³/mol. The lowest BCUT2D eigenvalue weighted by Crippen LogP contribution is -2.16. The number of aliphatic hydroxyl groups is 1. The summed E-state index contributed by atoms with van der Waals surface area (Å²) in [5.41, 5.74) is 0.719. The van der Waals surface area contributed by atoms with Crippen LogP contribution in [-0.4, -0.2) is 38.2 Å². The van der Waals surface area contributed by atoms with E-state index >= 15 is 0 Å². The Morgan fingerprint density at radius 3 is 2.40 bits per heavy atom. The molecule has 20 heavy (non-hydrogen) atoms. The molecular weight excluding hydrogens is 274 g/mol. The van der Waals surface area contributed by atoms with Crippen molar-refractivity contribution in [1.82, 2.24) is 5.16 Å². The van der Waals surface area contributed by atoms with E-state index in [9.17, 15) is 4.79 Å². The number of hydrogen-bond donors (Lipinski definition) is 1. The van der Waals surface area contributed by atoms with Gasteiger partial charge in [-0.05, 0) is 12.0 Å². The number of rotatable bonds is 4. The van der Waals surface area contributed by atoms with Crippen molar-refractivity contribution < 1.29 is 19.2 Å². The third-order valence-electron chi connectivity index (χ3n) is 3.22. The zero-order chi connectivity index (χ0) is 15.8. The highest BCUT2D eigenvalue weighted by atomic mass is 28.3. The van der Waals surface area contributed by atoms with Crippen molar-refractivity contribution in [2.75, 3.05) is 13.2 Å². The molecule has 0 radical (unpaired) electrons. The quantitative estimate of drug-likeness (QED) is 0.683. The van der Waals surface area contributed by atoms with Gasteiger partial charge in [0.2, 0.25) is 0 Å². The lowest BCUT2D eigenvalue weighted by molar-refractivity contribution is 0.0524. The average Bonchev–Trinajstić information content (AvgIpc) is 2.77. The van der Waals surface area contributed by atoms with Crippen LogP contribution in [0.25, 0.3) is 0 Å². The van der Waals surface area contributed by atoms with Crippen LogP contribution in [0.5, 0.6) is 0 Å². The summed E-state index contributed by atoms with van der Waals surface area (Å²) in [7, 11) is -0.359. The van der Waals surface area contributed by atoms with E-state index in [1.54, 1.807) is 6.92 Å². The second kappa shape index (κ2) is 8.92. The molecule has 0 aliphatic rings. The topological polar surface area (TPSA) is 72.6 Å². The minimum absolute atomic E-state index is 0.0705. The first-order chi connectivity index (χ1) is 9.23. The lowest BCUT2D eigenvalue weighted by atomic mass is 10.2. The number of ether oxygens (including phenoxy) is 1. The van der Waals surface area contributed by atoms with Gasteiger partial charge in [-0.2, -0.15) is 0 Å². The molecule has 1 rings (SSSR count). The molecule has 5 nitrogen and oxygen atoms in total. The highest BCUT2D eigenvalue weighted by Gasteiger charge is 2.16. The summed E-state index contributed by atoms with van der Waals surface area (Å²) in [6.07, 6.45) is 1.52. The van der Waals surface area contributed by atoms with Crippen molar-refractivity contribution >= 4 is 14.8 Å². The van der Waals surface area contributed by atoms with Crippen LogP contribution >= 0.6 is 0 Å². The van der Waals surface area contributed by atoms with Gasteiger partial charge in [0.05, 0.1) is 6.61 Å². The maximum absolute atomic E-state index is 11.2. The number of hydrogen-bond acceptors (Lipinski definition) is 5. The van der Waals surface area contributed by atoms with Crippen LogP contribution in [0.4, 0.5) is 0 Å². The molecule has 0 aromatic carbocycles. The van der Waals surface area contributed by atoms with E-state index < -0.39 is 5.97 Å². The number of carbonyl (C=O) groups is 1. The van der Waals surface area contributed by atoms with Gasteiger partial charge in [0.25, 0.3) is 0 Å². The molecule has 0 atom stereocenters. The van der Waals surface area contributed by atoms with Crippen molar-refractivity contribution in [2.24, 2.45) is 0 Å². The van der Waals surface area contributed by atoms with Gasteiger partial charge in [-0.3, -0.25) is 0 Å². The second-order valence-electron chi connectivity index (χ2n) is 5.89. The molecule has 0 aliphatic carbocycles. The Labute approximate surface area is 122 Å². The second-order valence-corrected chi connectivity index (χ2v) is 9.93. The molecule has 1 aromatic rings. The van der Waals surface area contributed by atoms with E-state index in [0.717, 1.165) is 0 Å². The smallest absolute Gasteiger partial charge is 0.343 e. The maximum atomic E-state index is 11.2. The van der Waals surface area contributed by atoms with Crippen LogP contribution in [0.1, 0.15) is 43.7 Å². The standard InChI is InChI=1S/C8H11NO4.C6H16Si/c1-2-12-8(11)6-5-13-9-7(6)3-4-10;1-6(2,3)7(4)5/h5,10H,2-4H2,1H3;7H,1-5H3. The highest BCUT2D eigenvalue weighted by Crippen LogP contribution is 2.25. The van der Waals surface area contributed by atoms with E-state index in [1.807, 2.05) is 0 Å². The van der Waals surface area contributed by atoms with Gasteiger partial charge in [0, 0.05) is 21.8 Å². The fourth-order valence-corrected chi connectivity index (χ4v) is 0.921. The number of aromatic nitrogens is 1. The molecule has 6 heteroatoms. The highest BCUT2D eigenvalue weighted by molar-refractivity contribution is 6.59. The largest absolute Gasteiger partial charge is 0.462 e. The first kappa shape index (κ1) is 18.9. The summed E-state index contributed by atoms with van der Waals surface area (Å²) in [6, 6.07) is 0. The van der Waals surface area contributed by atoms with E-state index in [2.05, 4.69) is 43.5 Å². The number of nitrogens with zero attached hydrogens (tertiary/aromatic N) is 1. The molecule has 0 aliphatic heterocycles. The normalized spacial score (nSPS) is 11.0. The fourth-order valence-electron chi connectivity index (χ4n) is 0.921. The van der Waals surface area contributed by atoms with Crippen LogP contribution < -0.4 is 0 Å². The number of aliphatic hydroxyl groups excluding tert-OH is 1. The van der Waals surface area contributed by atoms with E-state index in [0.29, 0.717) is 23.8 Å². The minimum atomic E-state index is -0.466. The van der Waals surface area contributed by atoms with Gasteiger partial charge in [0.15, 0.2) is 0 Å². The zero-order valence-corrected chi connectivity index (χ0v) is 14.5. The monoisotopic (exact) mass is 301 g/mol. The van der Waals surface area contributed by atoms with Gasteiger partial charge in [-0.25, -0.2) is 4.79 Å². The fraction of sp³-hybridized carbons (Fsp3) is 0.714. The van der Waals surface area contributed by atoms with Crippen molar-refractivity contribution in [3.63, 3.8) is 0 Å². The van der Waals surface area contributed by atoms with Crippen LogP contribution in [0, 0.1) is 0 Å². The van der Waals surface area contributed by atoms with Crippen molar-refractivity contribution in [3.8, 4) is 0 Å². The third-order valence-corrected chi connectivity index (χ3v) is 6.68. The first-order valence-electron chi connectivity index (χ1n) is 6.95. The van der Waals surface area contributed by atoms with Gasteiger partial charge < -0.3 is 14.4 Å². The molecule has 1 heterocycles. The van der Waals surface area contributed by atoms with Crippen molar-refractivity contribution in [3.05, 3.63) is 17.5 Å². The molecule has 0 amide bonds. The van der Waals surface area contributed by atoms with Gasteiger partial charge in [-0.15, -0.1) is 0 Å². The molecule has 1 aromatic heterocycles. The third kappa shape index (κ3) is 6.86. The number of esters is 1. The Hall–Kier alpha value is -1.14. The van der Waals surface area contributed by atoms with E-state index in [1.165, 1.54) is 6.26 Å². The van der Waals surface area contributed by atoms with E-state index in [4.69, 9.17) is 9.84 Å². The Kier molecular flexibility index (Phi) is 8.41. The average molecular weight is 301 g/mol. The van der Waals surface area contributed by atoms with Crippen LogP contribution in [-0.2, 0) is 11.2 Å². The van der Waals surface area contributed by atoms with Gasteiger partial charge in [0.1, 0.15) is 17.5 Å². The van der Waals surface area contributed by atoms with Crippen LogP contribution in [0.15, 0.2) is 10.8 Å². The summed E-state index contributed by atoms with van der Waals surface area (Å²) in [4.78, 5) is 11.2. The molecule has 1 N–H and O–H groups in total. The molecule has 116 valence electrons. The minimum Gasteiger partial charge on any atom is -0.462 e. The van der Waals surface area contributed by atoms with E-state index in [-0.39, 0.29) is 21.0 Å². The molecule has 0 fully saturated rings. The zero-order valence-electron chi connectivity index (χ0n) is 13.4. The molecule has 0 spiro atoms. The van der Waals surface area contributed by atoms with Gasteiger partial charge in [-0.1, -0.05) is 39.0 Å². The Morgan fingerprint density at radius 2 is 2.00 bits per heavy atom. The molecule has 0 bridgehead atoms. The van der Waals surface area contributed by atoms with Crippen molar-refractivity contribution in [1.29, 1.82) is 0 Å². The first-order valence-corrected chi connectivity index (χ1v) is 9.83. The van der Waals surface area contributed by atoms with Crippen LogP contribution in [0.2, 0.25) is 18.1 Å². The SMILES string of the molecule is CCOC(=O)c1conc1CCO.C[SiH](C)C(C)(C)C. The lowest BCUT2D eigenvalue weighted by Gasteiger charge is -2.21. The molecule has 0 saturated heterocycles. The molecule has 0 unspecified atom stereocenters. The van der Waals surface area contributed by atoms with Crippen LogP contribution in [0.3, 0.4) is 0 Å². The predicted octanol–water partition coefficient (Wildman–Crippen LogP) is 2.66. The summed E-state index contributed by atoms with van der Waals surface area (Å²) in [5.74, 6) is -0.466. The summed E-state index contributed by atoms with van der Waals surface area (Å²) >= 11 is 0. The summed E-state index contributed by atoms with van der Waals surface area (Å²) in [6.45, 7) is 13.7.